The van der Waals surface area contributed by atoms with Gasteiger partial charge in [-0.15, -0.1) is 11.3 Å². The van der Waals surface area contributed by atoms with Gasteiger partial charge >= 0.3 is 12.1 Å². The molecule has 0 unspecified atom stereocenters. The quantitative estimate of drug-likeness (QED) is 0.415. The Balaban J connectivity index is 1.52. The van der Waals surface area contributed by atoms with Crippen LogP contribution < -0.4 is 10.2 Å². The minimum atomic E-state index is -0.397. The van der Waals surface area contributed by atoms with E-state index in [1.807, 2.05) is 11.0 Å². The van der Waals surface area contributed by atoms with Gasteiger partial charge in [-0.3, -0.25) is 4.79 Å². The molecule has 4 rings (SSSR count). The van der Waals surface area contributed by atoms with Gasteiger partial charge in [-0.2, -0.15) is 0 Å². The lowest BCUT2D eigenvalue weighted by molar-refractivity contribution is -0.124. The summed E-state index contributed by atoms with van der Waals surface area (Å²) in [6, 6.07) is 2.01. The van der Waals surface area contributed by atoms with Crippen molar-refractivity contribution in [2.75, 3.05) is 25.2 Å². The van der Waals surface area contributed by atoms with Crippen molar-refractivity contribution >= 4 is 35.0 Å². The predicted molar refractivity (Wildman–Crippen MR) is 152 cm³/mol. The lowest BCUT2D eigenvalue weighted by atomic mass is 9.81. The van der Waals surface area contributed by atoms with Crippen LogP contribution in [0.3, 0.4) is 0 Å². The lowest BCUT2D eigenvalue weighted by Gasteiger charge is -2.39. The van der Waals surface area contributed by atoms with Gasteiger partial charge < -0.3 is 24.4 Å². The van der Waals surface area contributed by atoms with Gasteiger partial charge in [0.25, 0.3) is 0 Å². The van der Waals surface area contributed by atoms with Gasteiger partial charge in [0, 0.05) is 35.7 Å². The Morgan fingerprint density at radius 2 is 1.62 bits per heavy atom. The van der Waals surface area contributed by atoms with Gasteiger partial charge in [-0.25, -0.2) is 9.59 Å². The Bertz CT molecular complexity index is 996. The van der Waals surface area contributed by atoms with E-state index in [-0.39, 0.29) is 41.5 Å². The number of carbonyl (C=O) groups is 3. The number of amides is 2. The second-order valence-corrected chi connectivity index (χ2v) is 13.7. The molecule has 0 bridgehead atoms. The fourth-order valence-electron chi connectivity index (χ4n) is 5.99. The minimum absolute atomic E-state index is 0.00811. The van der Waals surface area contributed by atoms with Crippen molar-refractivity contribution in [3.8, 4) is 0 Å². The van der Waals surface area contributed by atoms with Gasteiger partial charge in [-0.05, 0) is 68.8 Å². The van der Waals surface area contributed by atoms with Crippen LogP contribution in [0.2, 0.25) is 0 Å². The molecule has 2 amide bonds. The molecular formula is C30H46N2O6S. The maximum absolute atomic E-state index is 14.2. The van der Waals surface area contributed by atoms with Gasteiger partial charge in [0.2, 0.25) is 5.91 Å². The van der Waals surface area contributed by atoms with E-state index in [0.29, 0.717) is 29.7 Å². The van der Waals surface area contributed by atoms with Crippen LogP contribution in [-0.2, 0) is 24.4 Å². The smallest absolute Gasteiger partial charge is 0.407 e. The average molecular weight is 563 g/mol. The first kappa shape index (κ1) is 29.8. The molecule has 8 nitrogen and oxygen atoms in total. The molecule has 2 aliphatic carbocycles. The second kappa shape index (κ2) is 13.0. The van der Waals surface area contributed by atoms with Crippen LogP contribution in [0.15, 0.2) is 6.07 Å². The van der Waals surface area contributed by atoms with E-state index < -0.39 is 5.97 Å². The Kier molecular flexibility index (Phi) is 9.97. The second-order valence-electron chi connectivity index (χ2n) is 12.6. The van der Waals surface area contributed by atoms with Crippen molar-refractivity contribution in [2.45, 2.75) is 116 Å². The summed E-state index contributed by atoms with van der Waals surface area (Å²) in [6.07, 6.45) is 7.89. The fraction of sp³-hybridized carbons (Fsp3) is 0.767. The number of esters is 1. The van der Waals surface area contributed by atoms with Crippen LogP contribution in [-0.4, -0.2) is 56.5 Å². The van der Waals surface area contributed by atoms with Crippen molar-refractivity contribution in [1.82, 2.24) is 5.32 Å². The highest BCUT2D eigenvalue weighted by atomic mass is 32.1. The number of thiophene rings is 1. The molecular weight excluding hydrogens is 516 g/mol. The zero-order valence-electron chi connectivity index (χ0n) is 24.3. The highest BCUT2D eigenvalue weighted by Crippen LogP contribution is 2.42. The summed E-state index contributed by atoms with van der Waals surface area (Å²) in [5.41, 5.74) is 0.531. The molecule has 39 heavy (non-hydrogen) atoms. The average Bonchev–Trinajstić information content (AvgIpc) is 3.36. The molecule has 2 heterocycles. The number of nitrogens with one attached hydrogen (secondary N) is 1. The normalized spacial score (nSPS) is 26.5. The van der Waals surface area contributed by atoms with Crippen LogP contribution in [0.25, 0.3) is 0 Å². The van der Waals surface area contributed by atoms with E-state index >= 15 is 0 Å². The van der Waals surface area contributed by atoms with Crippen LogP contribution in [0.1, 0.15) is 106 Å². The lowest BCUT2D eigenvalue weighted by Crippen LogP contribution is -2.49. The van der Waals surface area contributed by atoms with Crippen molar-refractivity contribution in [3.05, 3.63) is 15.8 Å². The summed E-state index contributed by atoms with van der Waals surface area (Å²) in [7, 11) is 1.40. The molecule has 3 fully saturated rings. The van der Waals surface area contributed by atoms with Crippen LogP contribution in [0.4, 0.5) is 10.5 Å². The standard InChI is InChI=1S/C30H46N2O6S/c1-19-6-8-20(9-7-19)27(33)32(24-18-25(30(2,3)4)39-26(24)28(34)36-5)22-12-10-21(11-13-22)31-29(35)38-23-14-16-37-17-15-23/h18-23H,6-17H2,1-5H3,(H,31,35). The van der Waals surface area contributed by atoms with Gasteiger partial charge in [0.1, 0.15) is 11.0 Å². The van der Waals surface area contributed by atoms with Crippen LogP contribution in [0, 0.1) is 11.8 Å². The molecule has 218 valence electrons. The number of methoxy groups -OCH3 is 1. The number of ether oxygens (including phenoxy) is 3. The molecule has 0 spiro atoms. The molecule has 3 aliphatic rings. The number of alkyl carbamates (subject to hydrolysis) is 1. The summed E-state index contributed by atoms with van der Waals surface area (Å²) in [4.78, 5) is 43.1. The van der Waals surface area contributed by atoms with Crippen molar-refractivity contribution in [2.24, 2.45) is 11.8 Å². The first-order valence-corrected chi connectivity index (χ1v) is 15.5. The number of anilines is 1. The monoisotopic (exact) mass is 562 g/mol. The van der Waals surface area contributed by atoms with Crippen molar-refractivity contribution in [1.29, 1.82) is 0 Å². The highest BCUT2D eigenvalue weighted by molar-refractivity contribution is 7.14. The fourth-order valence-corrected chi connectivity index (χ4v) is 7.12. The Labute approximate surface area is 237 Å². The molecule has 1 N–H and O–H groups in total. The molecule has 0 atom stereocenters. The van der Waals surface area contributed by atoms with E-state index in [1.165, 1.54) is 18.4 Å². The van der Waals surface area contributed by atoms with Gasteiger partial charge in [0.05, 0.1) is 26.0 Å². The topological polar surface area (TPSA) is 94.2 Å². The molecule has 1 saturated heterocycles. The van der Waals surface area contributed by atoms with Gasteiger partial charge in [-0.1, -0.05) is 27.7 Å². The summed E-state index contributed by atoms with van der Waals surface area (Å²) < 4.78 is 16.1. The Morgan fingerprint density at radius 3 is 2.21 bits per heavy atom. The molecule has 1 aromatic rings. The maximum atomic E-state index is 14.2. The first-order valence-electron chi connectivity index (χ1n) is 14.7. The SMILES string of the molecule is COC(=O)c1sc(C(C)(C)C)cc1N(C(=O)C1CCC(C)CC1)C1CCC(NC(=O)OC2CCOCC2)CC1. The third-order valence-electron chi connectivity index (χ3n) is 8.51. The van der Waals surface area contributed by atoms with Crippen LogP contribution in [0.5, 0.6) is 0 Å². The first-order chi connectivity index (χ1) is 18.6. The maximum Gasteiger partial charge on any atom is 0.407 e. The zero-order valence-corrected chi connectivity index (χ0v) is 25.1. The van der Waals surface area contributed by atoms with E-state index in [4.69, 9.17) is 14.2 Å². The molecule has 9 heteroatoms. The Hall–Kier alpha value is -2.13. The number of hydrogen-bond donors (Lipinski definition) is 1. The summed E-state index contributed by atoms with van der Waals surface area (Å²) in [5, 5.41) is 3.05. The number of rotatable bonds is 6. The molecule has 2 saturated carbocycles. The molecule has 0 radical (unpaired) electrons. The number of hydrogen-bond acceptors (Lipinski definition) is 7. The summed E-state index contributed by atoms with van der Waals surface area (Å²) in [6.45, 7) is 9.86. The van der Waals surface area contributed by atoms with E-state index in [0.717, 1.165) is 69.1 Å². The predicted octanol–water partition coefficient (Wildman–Crippen LogP) is 6.21. The largest absolute Gasteiger partial charge is 0.465 e. The minimum Gasteiger partial charge on any atom is -0.465 e. The molecule has 1 aromatic heterocycles. The molecule has 0 aromatic carbocycles. The van der Waals surface area contributed by atoms with Crippen molar-refractivity contribution < 1.29 is 28.6 Å². The Morgan fingerprint density at radius 1 is 0.974 bits per heavy atom. The van der Waals surface area contributed by atoms with E-state index in [9.17, 15) is 14.4 Å². The third-order valence-corrected chi connectivity index (χ3v) is 10.0. The highest BCUT2D eigenvalue weighted by Gasteiger charge is 2.38. The van der Waals surface area contributed by atoms with Crippen LogP contribution >= 0.6 is 11.3 Å². The summed E-state index contributed by atoms with van der Waals surface area (Å²) >= 11 is 1.43. The summed E-state index contributed by atoms with van der Waals surface area (Å²) in [5.74, 6) is 0.339. The van der Waals surface area contributed by atoms with Crippen molar-refractivity contribution in [3.63, 3.8) is 0 Å². The van der Waals surface area contributed by atoms with E-state index in [2.05, 4.69) is 33.0 Å². The zero-order chi connectivity index (χ0) is 28.2. The number of nitrogens with zero attached hydrogens (tertiary/aromatic N) is 1. The third kappa shape index (κ3) is 7.54. The van der Waals surface area contributed by atoms with Gasteiger partial charge in [0.15, 0.2) is 0 Å². The molecule has 1 aliphatic heterocycles. The van der Waals surface area contributed by atoms with E-state index in [1.54, 1.807) is 0 Å². The number of carbonyl (C=O) groups excluding carboxylic acids is 3.